The molecule has 0 radical (unpaired) electrons. The van der Waals surface area contributed by atoms with Crippen LogP contribution in [-0.4, -0.2) is 50.7 Å². The molecule has 0 spiro atoms. The van der Waals surface area contributed by atoms with E-state index in [1.807, 2.05) is 30.3 Å². The molecule has 2 N–H and O–H groups in total. The third-order valence-corrected chi connectivity index (χ3v) is 5.84. The number of rotatable bonds is 8. The summed E-state index contributed by atoms with van der Waals surface area (Å²) in [7, 11) is 1.67. The molecule has 188 valence electrons. The van der Waals surface area contributed by atoms with Gasteiger partial charge in [-0.1, -0.05) is 24.8 Å². The standard InChI is InChI=1S/C27H27N7O3/c1-19(34-12-14-36-15-13-34)31-25-16-21(10-11-28-25)37-22-8-9-24(29-17-22)23-18-30-27(33(2)26(23)35)32-20-6-4-3-5-7-20/h3-11,16-18H,1,12-15H2,2H3,(H,28,31)(H,30,32). The van der Waals surface area contributed by atoms with E-state index >= 15 is 0 Å². The van der Waals surface area contributed by atoms with Gasteiger partial charge in [0, 0.05) is 44.3 Å². The van der Waals surface area contributed by atoms with E-state index in [2.05, 4.69) is 37.1 Å². The van der Waals surface area contributed by atoms with Crippen LogP contribution in [0.5, 0.6) is 11.5 Å². The van der Waals surface area contributed by atoms with E-state index in [9.17, 15) is 4.79 Å². The van der Waals surface area contributed by atoms with Crippen molar-refractivity contribution in [3.05, 3.63) is 95.9 Å². The first kappa shape index (κ1) is 24.0. The normalized spacial score (nSPS) is 13.2. The molecule has 3 aromatic heterocycles. The summed E-state index contributed by atoms with van der Waals surface area (Å²) in [6.45, 7) is 7.02. The summed E-state index contributed by atoms with van der Waals surface area (Å²) < 4.78 is 12.8. The Morgan fingerprint density at radius 1 is 1.00 bits per heavy atom. The molecule has 10 heteroatoms. The van der Waals surface area contributed by atoms with Crippen LogP contribution < -0.4 is 20.9 Å². The molecule has 0 saturated carbocycles. The highest BCUT2D eigenvalue weighted by molar-refractivity contribution is 5.60. The molecule has 10 nitrogen and oxygen atoms in total. The Kier molecular flexibility index (Phi) is 7.09. The van der Waals surface area contributed by atoms with Gasteiger partial charge in [0.1, 0.15) is 17.3 Å². The number of nitrogens with one attached hydrogen (secondary N) is 2. The van der Waals surface area contributed by atoms with E-state index in [4.69, 9.17) is 9.47 Å². The van der Waals surface area contributed by atoms with Gasteiger partial charge in [-0.05, 0) is 30.3 Å². The lowest BCUT2D eigenvalue weighted by Gasteiger charge is -2.30. The van der Waals surface area contributed by atoms with Crippen LogP contribution in [0, 0.1) is 0 Å². The minimum Gasteiger partial charge on any atom is -0.456 e. The number of morpholine rings is 1. The molecule has 37 heavy (non-hydrogen) atoms. The fourth-order valence-corrected chi connectivity index (χ4v) is 3.83. The van der Waals surface area contributed by atoms with Crippen molar-refractivity contribution in [3.8, 4) is 22.8 Å². The summed E-state index contributed by atoms with van der Waals surface area (Å²) in [6, 6.07) is 16.6. The number of hydrogen-bond donors (Lipinski definition) is 2. The third-order valence-electron chi connectivity index (χ3n) is 5.84. The maximum atomic E-state index is 13.0. The van der Waals surface area contributed by atoms with Crippen molar-refractivity contribution in [3.63, 3.8) is 0 Å². The van der Waals surface area contributed by atoms with Crippen LogP contribution in [0.3, 0.4) is 0 Å². The zero-order valence-electron chi connectivity index (χ0n) is 20.4. The fraction of sp³-hybridized carbons (Fsp3) is 0.185. The lowest BCUT2D eigenvalue weighted by atomic mass is 10.2. The van der Waals surface area contributed by atoms with Crippen molar-refractivity contribution >= 4 is 17.5 Å². The number of nitrogens with zero attached hydrogens (tertiary/aromatic N) is 5. The van der Waals surface area contributed by atoms with Crippen LogP contribution in [-0.2, 0) is 11.8 Å². The Hall–Kier alpha value is -4.70. The summed E-state index contributed by atoms with van der Waals surface area (Å²) in [4.78, 5) is 28.3. The minimum absolute atomic E-state index is 0.208. The van der Waals surface area contributed by atoms with Crippen LogP contribution >= 0.6 is 0 Å². The minimum atomic E-state index is -0.208. The molecular weight excluding hydrogens is 470 g/mol. The molecule has 1 fully saturated rings. The molecule has 1 aliphatic heterocycles. The van der Waals surface area contributed by atoms with E-state index in [0.29, 0.717) is 47.7 Å². The first-order chi connectivity index (χ1) is 18.1. The van der Waals surface area contributed by atoms with Gasteiger partial charge in [-0.15, -0.1) is 0 Å². The lowest BCUT2D eigenvalue weighted by molar-refractivity contribution is 0.0545. The molecule has 4 aromatic rings. The van der Waals surface area contributed by atoms with Crippen LogP contribution in [0.15, 0.2) is 90.4 Å². The summed E-state index contributed by atoms with van der Waals surface area (Å²) >= 11 is 0. The van der Waals surface area contributed by atoms with Gasteiger partial charge in [-0.2, -0.15) is 0 Å². The average Bonchev–Trinajstić information content (AvgIpc) is 2.93. The van der Waals surface area contributed by atoms with Crippen molar-refractivity contribution in [1.82, 2.24) is 24.4 Å². The first-order valence-electron chi connectivity index (χ1n) is 11.8. The molecule has 0 bridgehead atoms. The maximum Gasteiger partial charge on any atom is 0.264 e. The van der Waals surface area contributed by atoms with Crippen molar-refractivity contribution in [2.75, 3.05) is 36.9 Å². The smallest absolute Gasteiger partial charge is 0.264 e. The molecule has 0 atom stereocenters. The van der Waals surface area contributed by atoms with Crippen molar-refractivity contribution in [2.24, 2.45) is 7.05 Å². The molecule has 1 aromatic carbocycles. The van der Waals surface area contributed by atoms with Crippen LogP contribution in [0.1, 0.15) is 0 Å². The van der Waals surface area contributed by atoms with Crippen molar-refractivity contribution < 1.29 is 9.47 Å². The molecule has 0 amide bonds. The van der Waals surface area contributed by atoms with E-state index in [1.165, 1.54) is 10.8 Å². The summed E-state index contributed by atoms with van der Waals surface area (Å²) in [5, 5.41) is 6.37. The molecule has 0 unspecified atom stereocenters. The Bertz CT molecular complexity index is 1430. The summed E-state index contributed by atoms with van der Waals surface area (Å²) in [6.07, 6.45) is 4.76. The van der Waals surface area contributed by atoms with Gasteiger partial charge in [-0.25, -0.2) is 9.97 Å². The zero-order chi connectivity index (χ0) is 25.6. The van der Waals surface area contributed by atoms with Crippen LogP contribution in [0.4, 0.5) is 17.5 Å². The average molecular weight is 498 g/mol. The summed E-state index contributed by atoms with van der Waals surface area (Å²) in [5.74, 6) is 2.95. The van der Waals surface area contributed by atoms with Gasteiger partial charge in [0.2, 0.25) is 5.95 Å². The second kappa shape index (κ2) is 10.9. The lowest BCUT2D eigenvalue weighted by Crippen LogP contribution is -2.37. The number of hydrogen-bond acceptors (Lipinski definition) is 9. The van der Waals surface area contributed by atoms with Crippen molar-refractivity contribution in [1.29, 1.82) is 0 Å². The predicted molar refractivity (Wildman–Crippen MR) is 142 cm³/mol. The predicted octanol–water partition coefficient (Wildman–Crippen LogP) is 3.99. The van der Waals surface area contributed by atoms with Gasteiger partial charge in [-0.3, -0.25) is 14.3 Å². The van der Waals surface area contributed by atoms with Crippen LogP contribution in [0.2, 0.25) is 0 Å². The number of pyridine rings is 2. The highest BCUT2D eigenvalue weighted by Crippen LogP contribution is 2.25. The van der Waals surface area contributed by atoms with Crippen molar-refractivity contribution in [2.45, 2.75) is 0 Å². The topological polar surface area (TPSA) is 106 Å². The number of aromatic nitrogens is 4. The Morgan fingerprint density at radius 2 is 1.81 bits per heavy atom. The number of anilines is 3. The second-order valence-corrected chi connectivity index (χ2v) is 8.38. The first-order valence-corrected chi connectivity index (χ1v) is 11.8. The third kappa shape index (κ3) is 5.76. The van der Waals surface area contributed by atoms with E-state index < -0.39 is 0 Å². The maximum absolute atomic E-state index is 13.0. The SMILES string of the molecule is C=C(Nc1cc(Oc2ccc(-c3cnc(Nc4ccccc4)n(C)c3=O)nc2)ccn1)N1CCOCC1. The van der Waals surface area contributed by atoms with E-state index in [1.54, 1.807) is 43.7 Å². The molecule has 1 saturated heterocycles. The number of benzene rings is 1. The van der Waals surface area contributed by atoms with Gasteiger partial charge >= 0.3 is 0 Å². The Morgan fingerprint density at radius 3 is 2.57 bits per heavy atom. The molecule has 4 heterocycles. The number of para-hydroxylation sites is 1. The molecule has 0 aliphatic carbocycles. The largest absolute Gasteiger partial charge is 0.456 e. The fourth-order valence-electron chi connectivity index (χ4n) is 3.83. The van der Waals surface area contributed by atoms with Gasteiger partial charge in [0.25, 0.3) is 5.56 Å². The Labute approximate surface area is 214 Å². The molecule has 1 aliphatic rings. The zero-order valence-corrected chi connectivity index (χ0v) is 20.4. The van der Waals surface area contributed by atoms with Crippen LogP contribution in [0.25, 0.3) is 11.3 Å². The molecular formula is C27H27N7O3. The molecule has 5 rings (SSSR count). The highest BCUT2D eigenvalue weighted by Gasteiger charge is 2.14. The van der Waals surface area contributed by atoms with E-state index in [0.717, 1.165) is 24.6 Å². The highest BCUT2D eigenvalue weighted by atomic mass is 16.5. The van der Waals surface area contributed by atoms with Gasteiger partial charge < -0.3 is 25.0 Å². The Balaban J connectivity index is 1.26. The second-order valence-electron chi connectivity index (χ2n) is 8.38. The summed E-state index contributed by atoms with van der Waals surface area (Å²) in [5.41, 5.74) is 1.53. The monoisotopic (exact) mass is 497 g/mol. The number of ether oxygens (including phenoxy) is 2. The van der Waals surface area contributed by atoms with Gasteiger partial charge in [0.05, 0.1) is 36.5 Å². The van der Waals surface area contributed by atoms with Gasteiger partial charge in [0.15, 0.2) is 0 Å². The quantitative estimate of drug-likeness (QED) is 0.374. The van der Waals surface area contributed by atoms with E-state index in [-0.39, 0.29) is 5.56 Å².